The molecule has 1 aromatic rings. The minimum atomic E-state index is -1.70. The maximum Gasteiger partial charge on any atom is 0.324 e. The van der Waals surface area contributed by atoms with Gasteiger partial charge < -0.3 is 14.2 Å². The largest absolute Gasteiger partial charge is 0.469 e. The first-order valence-corrected chi connectivity index (χ1v) is 6.83. The predicted molar refractivity (Wildman–Crippen MR) is 75.8 cm³/mol. The van der Waals surface area contributed by atoms with Crippen molar-refractivity contribution in [3.8, 4) is 0 Å². The summed E-state index contributed by atoms with van der Waals surface area (Å²) in [6.07, 6.45) is 0.320. The fraction of sp³-hybridized carbons (Fsp3) is 0.438. The zero-order chi connectivity index (χ0) is 16.3. The first-order chi connectivity index (χ1) is 10.5. The Kier molecular flexibility index (Phi) is 4.49. The van der Waals surface area contributed by atoms with Gasteiger partial charge >= 0.3 is 17.9 Å². The molecule has 6 heteroatoms. The molecule has 1 saturated carbocycles. The number of rotatable bonds is 4. The van der Waals surface area contributed by atoms with Crippen molar-refractivity contribution in [1.29, 1.82) is 0 Å². The summed E-state index contributed by atoms with van der Waals surface area (Å²) in [5.74, 6) is -3.59. The Morgan fingerprint density at radius 2 is 1.50 bits per heavy atom. The van der Waals surface area contributed by atoms with Crippen LogP contribution in [0.3, 0.4) is 0 Å². The van der Waals surface area contributed by atoms with Crippen LogP contribution in [0.4, 0.5) is 0 Å². The van der Waals surface area contributed by atoms with Crippen molar-refractivity contribution in [2.24, 2.45) is 11.3 Å². The van der Waals surface area contributed by atoms with Gasteiger partial charge in [-0.05, 0) is 12.0 Å². The van der Waals surface area contributed by atoms with Crippen LogP contribution in [0.25, 0.3) is 0 Å². The highest BCUT2D eigenvalue weighted by molar-refractivity contribution is 6.07. The molecule has 0 heterocycles. The van der Waals surface area contributed by atoms with Gasteiger partial charge in [0.1, 0.15) is 0 Å². The fourth-order valence-corrected chi connectivity index (χ4v) is 3.19. The number of hydrogen-bond acceptors (Lipinski definition) is 6. The van der Waals surface area contributed by atoms with Gasteiger partial charge in [0.2, 0.25) is 0 Å². The number of methoxy groups -OCH3 is 3. The SMILES string of the molecule is COC(=O)[C@H]1C[C@@H](c2ccccc2)C1(C(=O)OC)C(=O)OC. The summed E-state index contributed by atoms with van der Waals surface area (Å²) in [6, 6.07) is 9.05. The lowest BCUT2D eigenvalue weighted by atomic mass is 9.50. The molecule has 2 atom stereocenters. The van der Waals surface area contributed by atoms with Gasteiger partial charge in [0, 0.05) is 5.92 Å². The van der Waals surface area contributed by atoms with Gasteiger partial charge in [-0.15, -0.1) is 0 Å². The van der Waals surface area contributed by atoms with Gasteiger partial charge in [-0.25, -0.2) is 0 Å². The Balaban J connectivity index is 2.54. The molecule has 1 aliphatic carbocycles. The van der Waals surface area contributed by atoms with Crippen LogP contribution in [-0.2, 0) is 28.6 Å². The summed E-state index contributed by atoms with van der Waals surface area (Å²) in [7, 11) is 3.58. The van der Waals surface area contributed by atoms with Crippen molar-refractivity contribution in [2.75, 3.05) is 21.3 Å². The van der Waals surface area contributed by atoms with Crippen molar-refractivity contribution in [3.63, 3.8) is 0 Å². The minimum Gasteiger partial charge on any atom is -0.469 e. The summed E-state index contributed by atoms with van der Waals surface area (Å²) in [5, 5.41) is 0. The first-order valence-electron chi connectivity index (χ1n) is 6.83. The molecule has 0 saturated heterocycles. The average molecular weight is 306 g/mol. The predicted octanol–water partition coefficient (Wildman–Crippen LogP) is 1.30. The van der Waals surface area contributed by atoms with Crippen molar-refractivity contribution < 1.29 is 28.6 Å². The summed E-state index contributed by atoms with van der Waals surface area (Å²) >= 11 is 0. The second-order valence-corrected chi connectivity index (χ2v) is 5.13. The van der Waals surface area contributed by atoms with Crippen LogP contribution >= 0.6 is 0 Å². The van der Waals surface area contributed by atoms with E-state index in [9.17, 15) is 14.4 Å². The molecule has 118 valence electrons. The molecule has 1 aromatic carbocycles. The maximum atomic E-state index is 12.4. The van der Waals surface area contributed by atoms with Crippen molar-refractivity contribution in [2.45, 2.75) is 12.3 Å². The molecule has 0 radical (unpaired) electrons. The lowest BCUT2D eigenvalue weighted by Gasteiger charge is -2.49. The molecular weight excluding hydrogens is 288 g/mol. The molecule has 6 nitrogen and oxygen atoms in total. The van der Waals surface area contributed by atoms with Crippen molar-refractivity contribution >= 4 is 17.9 Å². The van der Waals surface area contributed by atoms with Crippen LogP contribution in [0.1, 0.15) is 17.9 Å². The van der Waals surface area contributed by atoms with Crippen molar-refractivity contribution in [3.05, 3.63) is 35.9 Å². The Morgan fingerprint density at radius 3 is 1.95 bits per heavy atom. The van der Waals surface area contributed by atoms with Crippen LogP contribution in [-0.4, -0.2) is 39.2 Å². The van der Waals surface area contributed by atoms with Crippen LogP contribution in [0, 0.1) is 11.3 Å². The fourth-order valence-electron chi connectivity index (χ4n) is 3.19. The molecule has 0 spiro atoms. The molecule has 0 unspecified atom stereocenters. The van der Waals surface area contributed by atoms with E-state index in [0.29, 0.717) is 6.42 Å². The highest BCUT2D eigenvalue weighted by atomic mass is 16.6. The Labute approximate surface area is 128 Å². The molecule has 0 aromatic heterocycles. The second kappa shape index (κ2) is 6.17. The van der Waals surface area contributed by atoms with E-state index in [1.807, 2.05) is 6.07 Å². The summed E-state index contributed by atoms with van der Waals surface area (Å²) in [4.78, 5) is 36.8. The highest BCUT2D eigenvalue weighted by Crippen LogP contribution is 2.59. The topological polar surface area (TPSA) is 78.9 Å². The van der Waals surface area contributed by atoms with Gasteiger partial charge in [0.05, 0.1) is 27.2 Å². The minimum absolute atomic E-state index is 0.320. The number of ether oxygens (including phenoxy) is 3. The zero-order valence-corrected chi connectivity index (χ0v) is 12.7. The van der Waals surface area contributed by atoms with E-state index in [1.54, 1.807) is 24.3 Å². The van der Waals surface area contributed by atoms with Gasteiger partial charge in [-0.1, -0.05) is 30.3 Å². The molecule has 0 aliphatic heterocycles. The average Bonchev–Trinajstić information content (AvgIpc) is 2.54. The molecule has 1 fully saturated rings. The van der Waals surface area contributed by atoms with Crippen LogP contribution in [0.5, 0.6) is 0 Å². The standard InChI is InChI=1S/C16H18O6/c1-20-13(17)12-9-11(10-7-5-4-6-8-10)16(12,14(18)21-2)15(19)22-3/h4-8,11-12H,9H2,1-3H3/t11-,12+/m0/s1. The number of carbonyl (C=O) groups is 3. The lowest BCUT2D eigenvalue weighted by Crippen LogP contribution is -2.61. The third-order valence-corrected chi connectivity index (χ3v) is 4.30. The Morgan fingerprint density at radius 1 is 0.955 bits per heavy atom. The summed E-state index contributed by atoms with van der Waals surface area (Å²) in [5.41, 5.74) is -0.920. The molecule has 0 bridgehead atoms. The summed E-state index contributed by atoms with van der Waals surface area (Å²) in [6.45, 7) is 0. The van der Waals surface area contributed by atoms with Crippen molar-refractivity contribution in [1.82, 2.24) is 0 Å². The lowest BCUT2D eigenvalue weighted by molar-refractivity contribution is -0.195. The van der Waals surface area contributed by atoms with Crippen LogP contribution in [0.15, 0.2) is 30.3 Å². The number of benzene rings is 1. The van der Waals surface area contributed by atoms with E-state index in [-0.39, 0.29) is 0 Å². The van der Waals surface area contributed by atoms with Gasteiger partial charge in [-0.3, -0.25) is 14.4 Å². The number of hydrogen-bond donors (Lipinski definition) is 0. The third kappa shape index (κ3) is 2.15. The van der Waals surface area contributed by atoms with Gasteiger partial charge in [0.25, 0.3) is 0 Å². The molecule has 2 rings (SSSR count). The van der Waals surface area contributed by atoms with Crippen LogP contribution in [0.2, 0.25) is 0 Å². The second-order valence-electron chi connectivity index (χ2n) is 5.13. The van der Waals surface area contributed by atoms with E-state index in [0.717, 1.165) is 5.56 Å². The van der Waals surface area contributed by atoms with E-state index in [4.69, 9.17) is 14.2 Å². The quantitative estimate of drug-likeness (QED) is 0.474. The maximum absolute atomic E-state index is 12.4. The number of esters is 3. The molecule has 22 heavy (non-hydrogen) atoms. The van der Waals surface area contributed by atoms with E-state index in [2.05, 4.69) is 0 Å². The zero-order valence-electron chi connectivity index (χ0n) is 12.7. The van der Waals surface area contributed by atoms with Gasteiger partial charge in [0.15, 0.2) is 5.41 Å². The Bertz CT molecular complexity index is 564. The molecule has 0 amide bonds. The monoisotopic (exact) mass is 306 g/mol. The summed E-state index contributed by atoms with van der Waals surface area (Å²) < 4.78 is 14.3. The van der Waals surface area contributed by atoms with E-state index in [1.165, 1.54) is 21.3 Å². The smallest absolute Gasteiger partial charge is 0.324 e. The molecular formula is C16H18O6. The molecule has 0 N–H and O–H groups in total. The van der Waals surface area contributed by atoms with E-state index < -0.39 is 35.2 Å². The third-order valence-electron chi connectivity index (χ3n) is 4.30. The van der Waals surface area contributed by atoms with Gasteiger partial charge in [-0.2, -0.15) is 0 Å². The van der Waals surface area contributed by atoms with E-state index >= 15 is 0 Å². The molecule has 1 aliphatic rings. The number of carbonyl (C=O) groups excluding carboxylic acids is 3. The van der Waals surface area contributed by atoms with Crippen LogP contribution < -0.4 is 0 Å². The highest BCUT2D eigenvalue weighted by Gasteiger charge is 2.70. The Hall–Kier alpha value is -2.37. The normalized spacial score (nSPS) is 22.1. The first kappa shape index (κ1) is 16.0.